The maximum atomic E-state index is 14.3. The fourth-order valence-electron chi connectivity index (χ4n) is 5.52. The van der Waals surface area contributed by atoms with Gasteiger partial charge in [-0.3, -0.25) is 4.79 Å². The van der Waals surface area contributed by atoms with Crippen LogP contribution in [0.25, 0.3) is 22.3 Å². The topological polar surface area (TPSA) is 238 Å². The van der Waals surface area contributed by atoms with E-state index in [9.17, 15) is 45.6 Å². The number of hydrogen-bond acceptors (Lipinski definition) is 15. The number of hydrogen-bond donors (Lipinski definition) is 8. The first-order chi connectivity index (χ1) is 22.8. The molecule has 3 aromatic rings. The molecule has 1 aromatic heterocycles. The quantitative estimate of drug-likeness (QED) is 0.140. The number of ether oxygens (including phenoxy) is 5. The Bertz CT molecular complexity index is 1680. The Morgan fingerprint density at radius 2 is 1.50 bits per heavy atom. The zero-order chi connectivity index (χ0) is 35.0. The zero-order valence-electron chi connectivity index (χ0n) is 26.6. The molecule has 0 amide bonds. The minimum absolute atomic E-state index is 0.0725. The van der Waals surface area contributed by atoms with Gasteiger partial charge < -0.3 is 69.0 Å². The molecule has 3 heterocycles. The Morgan fingerprint density at radius 3 is 2.10 bits per heavy atom. The molecular weight excluding hydrogens is 636 g/mol. The van der Waals surface area contributed by atoms with Gasteiger partial charge in [-0.15, -0.1) is 0 Å². The smallest absolute Gasteiger partial charge is 0.239 e. The maximum Gasteiger partial charge on any atom is 0.239 e. The minimum atomic E-state index is -1.77. The van der Waals surface area contributed by atoms with Crippen LogP contribution in [0.3, 0.4) is 0 Å². The summed E-state index contributed by atoms with van der Waals surface area (Å²) < 4.78 is 34.5. The molecule has 2 unspecified atom stereocenters. The molecule has 5 rings (SSSR count). The molecule has 2 aliphatic heterocycles. The monoisotopic (exact) mass is 676 g/mol. The second-order valence-electron chi connectivity index (χ2n) is 12.0. The van der Waals surface area contributed by atoms with E-state index in [1.807, 2.05) is 13.8 Å². The van der Waals surface area contributed by atoms with Crippen molar-refractivity contribution in [2.75, 3.05) is 13.7 Å². The average Bonchev–Trinajstić information content (AvgIpc) is 3.06. The molecule has 0 aliphatic carbocycles. The molecule has 2 saturated heterocycles. The SMILES string of the molecule is COc1ccc(-c2oc3c(CC=C(C)C)c(OC4O[C@H](CO)[C@@H](O)[C@H](O)[C@H]4O)cc(O)c3c(=O)c2OC2O[C@@H](C)[C@H](O)[C@@H](O)[C@@H]2O)cc1. The van der Waals surface area contributed by atoms with Gasteiger partial charge >= 0.3 is 0 Å². The summed E-state index contributed by atoms with van der Waals surface area (Å²) in [7, 11) is 1.47. The van der Waals surface area contributed by atoms with Gasteiger partial charge in [-0.25, -0.2) is 0 Å². The van der Waals surface area contributed by atoms with Gasteiger partial charge in [0.15, 0.2) is 5.76 Å². The van der Waals surface area contributed by atoms with Crippen molar-refractivity contribution < 1.29 is 69.0 Å². The summed E-state index contributed by atoms with van der Waals surface area (Å²) in [6, 6.07) is 7.41. The Balaban J connectivity index is 1.71. The van der Waals surface area contributed by atoms with Gasteiger partial charge in [-0.1, -0.05) is 11.6 Å². The van der Waals surface area contributed by atoms with Gasteiger partial charge in [0.1, 0.15) is 70.9 Å². The van der Waals surface area contributed by atoms with E-state index in [0.29, 0.717) is 11.3 Å². The van der Waals surface area contributed by atoms with Gasteiger partial charge in [-0.05, 0) is 51.5 Å². The van der Waals surface area contributed by atoms with E-state index in [4.69, 9.17) is 28.1 Å². The highest BCUT2D eigenvalue weighted by atomic mass is 16.7. The Kier molecular flexibility index (Phi) is 10.6. The van der Waals surface area contributed by atoms with Crippen molar-refractivity contribution in [1.82, 2.24) is 0 Å². The van der Waals surface area contributed by atoms with E-state index in [0.717, 1.165) is 11.6 Å². The lowest BCUT2D eigenvalue weighted by Gasteiger charge is -2.39. The standard InChI is InChI=1S/C33H40O15/c1-13(2)5-10-17-19(45-33-28(42)26(40)23(37)20(12-34)46-33)11-18(35)21-24(38)31(48-32-27(41)25(39)22(36)14(3)44-32)29(47-30(17)21)15-6-8-16(43-4)9-7-15/h5-9,11,14,20,22-23,25-28,32-37,39-42H,10,12H2,1-4H3/t14-,20+,22-,23+,25+,26-,27-,28+,32?,33?/m0/s1. The number of aromatic hydroxyl groups is 1. The molecular formula is C33H40O15. The number of methoxy groups -OCH3 is 1. The summed E-state index contributed by atoms with van der Waals surface area (Å²) in [5.74, 6) is -0.922. The summed E-state index contributed by atoms with van der Waals surface area (Å²) in [5, 5.41) is 82.9. The van der Waals surface area contributed by atoms with E-state index in [2.05, 4.69) is 0 Å². The predicted octanol–water partition coefficient (Wildman–Crippen LogP) is 0.0679. The number of aliphatic hydroxyl groups is 7. The summed E-state index contributed by atoms with van der Waals surface area (Å²) in [4.78, 5) is 14.3. The first-order valence-electron chi connectivity index (χ1n) is 15.2. The summed E-state index contributed by atoms with van der Waals surface area (Å²) >= 11 is 0. The molecule has 2 fully saturated rings. The van der Waals surface area contributed by atoms with Crippen molar-refractivity contribution in [3.63, 3.8) is 0 Å². The number of phenols is 1. The van der Waals surface area contributed by atoms with Crippen LogP contribution in [0.1, 0.15) is 26.3 Å². The lowest BCUT2D eigenvalue weighted by molar-refractivity contribution is -0.277. The Labute approximate surface area is 274 Å². The molecule has 2 aromatic carbocycles. The molecule has 8 N–H and O–H groups in total. The summed E-state index contributed by atoms with van der Waals surface area (Å²) in [6.07, 6.45) is -13.7. The summed E-state index contributed by atoms with van der Waals surface area (Å²) in [5.41, 5.74) is 0.341. The normalized spacial score (nSPS) is 30.6. The van der Waals surface area contributed by atoms with E-state index in [-0.39, 0.29) is 34.5 Å². The van der Waals surface area contributed by atoms with Crippen molar-refractivity contribution >= 4 is 11.0 Å². The molecule has 0 spiro atoms. The Hall–Kier alpha value is -3.77. The zero-order valence-corrected chi connectivity index (χ0v) is 26.6. The van der Waals surface area contributed by atoms with Crippen LogP contribution in [0.5, 0.6) is 23.0 Å². The third-order valence-corrected chi connectivity index (χ3v) is 8.37. The average molecular weight is 677 g/mol. The maximum absolute atomic E-state index is 14.3. The van der Waals surface area contributed by atoms with Gasteiger partial charge in [-0.2, -0.15) is 0 Å². The van der Waals surface area contributed by atoms with E-state index in [1.54, 1.807) is 30.3 Å². The molecule has 48 heavy (non-hydrogen) atoms. The van der Waals surface area contributed by atoms with Crippen LogP contribution in [-0.4, -0.2) is 116 Å². The fourth-order valence-corrected chi connectivity index (χ4v) is 5.52. The highest BCUT2D eigenvalue weighted by Gasteiger charge is 2.46. The van der Waals surface area contributed by atoms with Crippen molar-refractivity contribution in [3.8, 4) is 34.3 Å². The first kappa shape index (κ1) is 35.5. The summed E-state index contributed by atoms with van der Waals surface area (Å²) in [6.45, 7) is 4.40. The second kappa shape index (κ2) is 14.4. The second-order valence-corrected chi connectivity index (χ2v) is 12.0. The fraction of sp³-hybridized carbons (Fsp3) is 0.485. The van der Waals surface area contributed by atoms with Crippen molar-refractivity contribution in [1.29, 1.82) is 0 Å². The lowest BCUT2D eigenvalue weighted by Crippen LogP contribution is -2.60. The number of benzene rings is 2. The highest BCUT2D eigenvalue weighted by Crippen LogP contribution is 2.41. The van der Waals surface area contributed by atoms with Crippen LogP contribution in [0, 0.1) is 0 Å². The van der Waals surface area contributed by atoms with Gasteiger partial charge in [0.2, 0.25) is 23.8 Å². The third kappa shape index (κ3) is 6.74. The molecule has 0 bridgehead atoms. The molecule has 15 heteroatoms. The van der Waals surface area contributed by atoms with E-state index >= 15 is 0 Å². The number of allylic oxidation sites excluding steroid dienone is 2. The largest absolute Gasteiger partial charge is 0.507 e. The number of aliphatic hydroxyl groups excluding tert-OH is 7. The molecule has 10 atom stereocenters. The molecule has 0 radical (unpaired) electrons. The van der Waals surface area contributed by atoms with Crippen molar-refractivity contribution in [2.45, 2.75) is 88.6 Å². The molecule has 15 nitrogen and oxygen atoms in total. The van der Waals surface area contributed by atoms with Gasteiger partial charge in [0.05, 0.1) is 19.8 Å². The van der Waals surface area contributed by atoms with Crippen LogP contribution >= 0.6 is 0 Å². The van der Waals surface area contributed by atoms with Crippen LogP contribution in [0.15, 0.2) is 51.2 Å². The van der Waals surface area contributed by atoms with Crippen molar-refractivity contribution in [3.05, 3.63) is 57.8 Å². The molecule has 2 aliphatic rings. The highest BCUT2D eigenvalue weighted by molar-refractivity contribution is 5.91. The van der Waals surface area contributed by atoms with E-state index in [1.165, 1.54) is 14.0 Å². The van der Waals surface area contributed by atoms with E-state index < -0.39 is 84.9 Å². The van der Waals surface area contributed by atoms with Gasteiger partial charge in [0, 0.05) is 17.2 Å². The number of phenolic OH excluding ortho intramolecular Hbond substituents is 1. The van der Waals surface area contributed by atoms with Crippen LogP contribution in [-0.2, 0) is 15.9 Å². The lowest BCUT2D eigenvalue weighted by atomic mass is 9.99. The van der Waals surface area contributed by atoms with Crippen LogP contribution in [0.4, 0.5) is 0 Å². The minimum Gasteiger partial charge on any atom is -0.507 e. The van der Waals surface area contributed by atoms with Crippen LogP contribution in [0.2, 0.25) is 0 Å². The number of fused-ring (bicyclic) bond motifs is 1. The molecule has 262 valence electrons. The van der Waals surface area contributed by atoms with Crippen LogP contribution < -0.4 is 19.6 Å². The third-order valence-electron chi connectivity index (χ3n) is 8.37. The predicted molar refractivity (Wildman–Crippen MR) is 167 cm³/mol. The number of rotatable bonds is 9. The molecule has 0 saturated carbocycles. The van der Waals surface area contributed by atoms with Crippen molar-refractivity contribution in [2.24, 2.45) is 0 Å². The van der Waals surface area contributed by atoms with Gasteiger partial charge in [0.25, 0.3) is 0 Å². The first-order valence-corrected chi connectivity index (χ1v) is 15.2. The Morgan fingerprint density at radius 1 is 0.875 bits per heavy atom.